The van der Waals surface area contributed by atoms with Gasteiger partial charge in [-0.15, -0.1) is 0 Å². The number of halogens is 2. The summed E-state index contributed by atoms with van der Waals surface area (Å²) in [6.07, 6.45) is 3.38. The first-order chi connectivity index (χ1) is 8.69. The summed E-state index contributed by atoms with van der Waals surface area (Å²) in [5.74, 6) is 0.532. The average Bonchev–Trinajstić information content (AvgIpc) is 2.35. The molecule has 0 spiro atoms. The van der Waals surface area contributed by atoms with Crippen LogP contribution in [0, 0.1) is 0 Å². The normalized spacial score (nSPS) is 20.2. The fraction of sp³-hybridized carbons (Fsp3) is 0.727. The number of ether oxygens (including phenoxy) is 1. The highest BCUT2D eigenvalue weighted by molar-refractivity contribution is 6.31. The zero-order valence-corrected chi connectivity index (χ0v) is 11.8. The van der Waals surface area contributed by atoms with E-state index in [9.17, 15) is 0 Å². The van der Waals surface area contributed by atoms with Gasteiger partial charge in [0.05, 0.1) is 6.10 Å². The van der Waals surface area contributed by atoms with E-state index in [0.717, 1.165) is 39.0 Å². The van der Waals surface area contributed by atoms with Crippen LogP contribution >= 0.6 is 23.2 Å². The van der Waals surface area contributed by atoms with Gasteiger partial charge in [0.1, 0.15) is 0 Å². The predicted molar refractivity (Wildman–Crippen MR) is 71.3 cm³/mol. The Hall–Kier alpha value is -0.650. The molecule has 0 amide bonds. The minimum Gasteiger partial charge on any atom is -0.376 e. The van der Waals surface area contributed by atoms with Gasteiger partial charge < -0.3 is 9.64 Å². The number of rotatable bonds is 4. The van der Waals surface area contributed by atoms with Crippen LogP contribution < -0.4 is 4.90 Å². The number of aromatic nitrogens is 3. The molecule has 1 atom stereocenters. The van der Waals surface area contributed by atoms with Gasteiger partial charge in [0, 0.05) is 19.7 Å². The number of piperidine rings is 1. The molecular formula is C11H16Cl2N4O. The van der Waals surface area contributed by atoms with Gasteiger partial charge in [-0.3, -0.25) is 0 Å². The first-order valence-electron chi connectivity index (χ1n) is 6.12. The van der Waals surface area contributed by atoms with E-state index < -0.39 is 0 Å². The quantitative estimate of drug-likeness (QED) is 0.853. The van der Waals surface area contributed by atoms with Gasteiger partial charge >= 0.3 is 0 Å². The predicted octanol–water partition coefficient (Wildman–Crippen LogP) is 2.57. The molecule has 2 heterocycles. The van der Waals surface area contributed by atoms with Crippen LogP contribution in [0.3, 0.4) is 0 Å². The van der Waals surface area contributed by atoms with Crippen molar-refractivity contribution >= 4 is 29.2 Å². The van der Waals surface area contributed by atoms with Crippen LogP contribution in [0.15, 0.2) is 0 Å². The van der Waals surface area contributed by atoms with E-state index in [1.54, 1.807) is 0 Å². The van der Waals surface area contributed by atoms with Crippen LogP contribution in [0.25, 0.3) is 0 Å². The Labute approximate surface area is 116 Å². The van der Waals surface area contributed by atoms with Crippen molar-refractivity contribution in [1.29, 1.82) is 0 Å². The molecular weight excluding hydrogens is 275 g/mol. The molecule has 1 fully saturated rings. The van der Waals surface area contributed by atoms with Gasteiger partial charge in [-0.05, 0) is 42.5 Å². The highest BCUT2D eigenvalue weighted by atomic mass is 35.5. The van der Waals surface area contributed by atoms with Crippen LogP contribution in [0.2, 0.25) is 10.6 Å². The Kier molecular flexibility index (Phi) is 4.97. The summed E-state index contributed by atoms with van der Waals surface area (Å²) in [5, 5.41) is 0.253. The largest absolute Gasteiger partial charge is 0.376 e. The SMILES string of the molecule is CCCOC1CCCN(c2nc(Cl)nc(Cl)n2)C1. The van der Waals surface area contributed by atoms with E-state index in [4.69, 9.17) is 27.9 Å². The molecule has 0 saturated carbocycles. The van der Waals surface area contributed by atoms with E-state index in [0.29, 0.717) is 5.95 Å². The highest BCUT2D eigenvalue weighted by Crippen LogP contribution is 2.20. The number of hydrogen-bond acceptors (Lipinski definition) is 5. The van der Waals surface area contributed by atoms with Crippen molar-refractivity contribution in [2.45, 2.75) is 32.3 Å². The molecule has 2 rings (SSSR count). The second kappa shape index (κ2) is 6.50. The first kappa shape index (κ1) is 13.8. The van der Waals surface area contributed by atoms with E-state index in [1.807, 2.05) is 4.90 Å². The van der Waals surface area contributed by atoms with Crippen molar-refractivity contribution < 1.29 is 4.74 Å². The second-order valence-corrected chi connectivity index (χ2v) is 4.93. The highest BCUT2D eigenvalue weighted by Gasteiger charge is 2.22. The molecule has 0 aromatic carbocycles. The van der Waals surface area contributed by atoms with Gasteiger partial charge in [0.15, 0.2) is 0 Å². The van der Waals surface area contributed by atoms with Crippen LogP contribution in [0.5, 0.6) is 0 Å². The molecule has 7 heteroatoms. The van der Waals surface area contributed by atoms with Crippen LogP contribution in [0.1, 0.15) is 26.2 Å². The Morgan fingerprint density at radius 3 is 2.67 bits per heavy atom. The first-order valence-corrected chi connectivity index (χ1v) is 6.88. The van der Waals surface area contributed by atoms with E-state index >= 15 is 0 Å². The molecule has 1 aromatic rings. The van der Waals surface area contributed by atoms with E-state index in [-0.39, 0.29) is 16.7 Å². The molecule has 100 valence electrons. The van der Waals surface area contributed by atoms with Crippen molar-refractivity contribution in [3.05, 3.63) is 10.6 Å². The molecule has 0 N–H and O–H groups in total. The van der Waals surface area contributed by atoms with E-state index in [1.165, 1.54) is 0 Å². The zero-order chi connectivity index (χ0) is 13.0. The molecule has 0 aliphatic carbocycles. The number of anilines is 1. The minimum absolute atomic E-state index is 0.126. The lowest BCUT2D eigenvalue weighted by Gasteiger charge is -2.32. The minimum atomic E-state index is 0.126. The summed E-state index contributed by atoms with van der Waals surface area (Å²) in [7, 11) is 0. The van der Waals surface area contributed by atoms with Crippen molar-refractivity contribution in [3.63, 3.8) is 0 Å². The third-order valence-corrected chi connectivity index (χ3v) is 3.13. The Bertz CT molecular complexity index is 384. The summed E-state index contributed by atoms with van der Waals surface area (Å²) >= 11 is 11.6. The molecule has 1 unspecified atom stereocenters. The maximum atomic E-state index is 5.78. The van der Waals surface area contributed by atoms with E-state index in [2.05, 4.69) is 21.9 Å². The topological polar surface area (TPSA) is 51.1 Å². The maximum Gasteiger partial charge on any atom is 0.231 e. The summed E-state index contributed by atoms with van der Waals surface area (Å²) in [6, 6.07) is 0. The molecule has 5 nitrogen and oxygen atoms in total. The van der Waals surface area contributed by atoms with Gasteiger partial charge in [-0.2, -0.15) is 15.0 Å². The van der Waals surface area contributed by atoms with Crippen molar-refractivity contribution in [2.24, 2.45) is 0 Å². The zero-order valence-electron chi connectivity index (χ0n) is 10.3. The summed E-state index contributed by atoms with van der Waals surface area (Å²) < 4.78 is 5.77. The van der Waals surface area contributed by atoms with Crippen molar-refractivity contribution in [1.82, 2.24) is 15.0 Å². The van der Waals surface area contributed by atoms with Crippen LogP contribution in [-0.4, -0.2) is 40.8 Å². The summed E-state index contributed by atoms with van der Waals surface area (Å²) in [6.45, 7) is 4.56. The molecule has 1 aliphatic rings. The van der Waals surface area contributed by atoms with Crippen molar-refractivity contribution in [3.8, 4) is 0 Å². The molecule has 18 heavy (non-hydrogen) atoms. The van der Waals surface area contributed by atoms with Gasteiger partial charge in [-0.1, -0.05) is 6.92 Å². The molecule has 0 bridgehead atoms. The lowest BCUT2D eigenvalue weighted by Crippen LogP contribution is -2.40. The van der Waals surface area contributed by atoms with Gasteiger partial charge in [0.25, 0.3) is 0 Å². The van der Waals surface area contributed by atoms with Crippen LogP contribution in [0.4, 0.5) is 5.95 Å². The van der Waals surface area contributed by atoms with Gasteiger partial charge in [-0.25, -0.2) is 0 Å². The third kappa shape index (κ3) is 3.67. The third-order valence-electron chi connectivity index (χ3n) is 2.79. The average molecular weight is 291 g/mol. The standard InChI is InChI=1S/C11H16Cl2N4O/c1-2-6-18-8-4-3-5-17(7-8)11-15-9(12)14-10(13)16-11/h8H,2-7H2,1H3. The molecule has 1 saturated heterocycles. The Morgan fingerprint density at radius 2 is 2.00 bits per heavy atom. The lowest BCUT2D eigenvalue weighted by atomic mass is 10.1. The van der Waals surface area contributed by atoms with Gasteiger partial charge in [0.2, 0.25) is 16.5 Å². The smallest absolute Gasteiger partial charge is 0.231 e. The fourth-order valence-corrected chi connectivity index (χ4v) is 2.35. The fourth-order valence-electron chi connectivity index (χ4n) is 2.00. The summed E-state index contributed by atoms with van der Waals surface area (Å²) in [4.78, 5) is 14.0. The number of nitrogens with zero attached hydrogens (tertiary/aromatic N) is 4. The Balaban J connectivity index is 2.03. The Morgan fingerprint density at radius 1 is 1.28 bits per heavy atom. The monoisotopic (exact) mass is 290 g/mol. The molecule has 1 aliphatic heterocycles. The molecule has 1 aromatic heterocycles. The lowest BCUT2D eigenvalue weighted by molar-refractivity contribution is 0.0437. The summed E-state index contributed by atoms with van der Waals surface area (Å²) in [5.41, 5.74) is 0. The second-order valence-electron chi connectivity index (χ2n) is 4.25. The maximum absolute atomic E-state index is 5.78. The molecule has 0 radical (unpaired) electrons. The number of hydrogen-bond donors (Lipinski definition) is 0. The van der Waals surface area contributed by atoms with Crippen molar-refractivity contribution in [2.75, 3.05) is 24.6 Å². The van der Waals surface area contributed by atoms with Crippen LogP contribution in [-0.2, 0) is 4.74 Å².